The molecule has 3 aromatic heterocycles. The van der Waals surface area contributed by atoms with Gasteiger partial charge >= 0.3 is 0 Å². The van der Waals surface area contributed by atoms with Crippen LogP contribution in [0.2, 0.25) is 0 Å². The molecule has 9 rings (SSSR count). The van der Waals surface area contributed by atoms with Gasteiger partial charge in [0, 0.05) is 50.2 Å². The average molecular weight is 822 g/mol. The molecule has 0 saturated heterocycles. The van der Waals surface area contributed by atoms with E-state index in [9.17, 15) is 5.11 Å². The van der Waals surface area contributed by atoms with Crippen LogP contribution in [0.4, 0.5) is 0 Å². The number of ether oxygens (including phenoxy) is 1. The minimum atomic E-state index is -0.0117. The molecule has 0 fully saturated rings. The van der Waals surface area contributed by atoms with Gasteiger partial charge in [-0.15, -0.1) is 17.5 Å². The van der Waals surface area contributed by atoms with Gasteiger partial charge < -0.3 is 14.4 Å². The van der Waals surface area contributed by atoms with E-state index in [1.54, 1.807) is 0 Å². The molecule has 0 saturated carbocycles. The first-order valence-electron chi connectivity index (χ1n) is 16.7. The number of aromatic hydroxyl groups is 1. The van der Waals surface area contributed by atoms with E-state index >= 15 is 0 Å². The molecular formula is C43H36N3O2Pt-. The number of pyridine rings is 2. The third-order valence-corrected chi connectivity index (χ3v) is 10.3. The predicted molar refractivity (Wildman–Crippen MR) is 191 cm³/mol. The van der Waals surface area contributed by atoms with Gasteiger partial charge in [-0.2, -0.15) is 6.07 Å². The second-order valence-electron chi connectivity index (χ2n) is 14.7. The number of phenolic OH excluding ortho intramolecular Hbond substituents is 1. The summed E-state index contributed by atoms with van der Waals surface area (Å²) in [7, 11) is 0. The maximum Gasteiger partial charge on any atom is 0.217 e. The second-order valence-corrected chi connectivity index (χ2v) is 14.7. The van der Waals surface area contributed by atoms with Gasteiger partial charge in [0.05, 0.1) is 5.69 Å². The Morgan fingerprint density at radius 2 is 1.47 bits per heavy atom. The van der Waals surface area contributed by atoms with E-state index < -0.39 is 0 Å². The molecule has 0 bridgehead atoms. The van der Waals surface area contributed by atoms with Crippen molar-refractivity contribution in [3.05, 3.63) is 143 Å². The van der Waals surface area contributed by atoms with Crippen LogP contribution in [0.1, 0.15) is 48.6 Å². The molecule has 0 atom stereocenters. The SMILES string of the molecule is CC(C)(C)c1ccnc(-n2c3[c-]c(Oc4cccc(-c5cc6c(cc5O)CC5(Cc7ccccc7C5)C6)n4)ccc3c3ccccc32)c1.[Pt]. The molecule has 7 aromatic rings. The molecule has 2 aliphatic carbocycles. The van der Waals surface area contributed by atoms with Crippen LogP contribution >= 0.6 is 0 Å². The summed E-state index contributed by atoms with van der Waals surface area (Å²) in [6.07, 6.45) is 6.07. The Bertz CT molecular complexity index is 2380. The molecule has 246 valence electrons. The van der Waals surface area contributed by atoms with Crippen molar-refractivity contribution in [3.8, 4) is 34.5 Å². The number of para-hydroxylation sites is 1. The summed E-state index contributed by atoms with van der Waals surface area (Å²) in [5.74, 6) is 2.11. The quantitative estimate of drug-likeness (QED) is 0.180. The Kier molecular flexibility index (Phi) is 7.53. The van der Waals surface area contributed by atoms with Gasteiger partial charge in [-0.25, -0.2) is 9.97 Å². The fourth-order valence-corrected chi connectivity index (χ4v) is 8.02. The summed E-state index contributed by atoms with van der Waals surface area (Å²) in [5, 5.41) is 13.4. The largest absolute Gasteiger partial charge is 0.507 e. The summed E-state index contributed by atoms with van der Waals surface area (Å²) in [6.45, 7) is 6.64. The molecule has 3 heterocycles. The van der Waals surface area contributed by atoms with E-state index in [1.165, 1.54) is 27.8 Å². The molecule has 6 heteroatoms. The Hall–Kier alpha value is -4.73. The van der Waals surface area contributed by atoms with E-state index in [2.05, 4.69) is 104 Å². The van der Waals surface area contributed by atoms with Gasteiger partial charge in [-0.1, -0.05) is 74.8 Å². The van der Waals surface area contributed by atoms with Crippen LogP contribution in [0.5, 0.6) is 17.4 Å². The summed E-state index contributed by atoms with van der Waals surface area (Å²) in [6, 6.07) is 38.8. The van der Waals surface area contributed by atoms with Crippen molar-refractivity contribution < 1.29 is 30.9 Å². The van der Waals surface area contributed by atoms with Crippen molar-refractivity contribution in [1.82, 2.24) is 14.5 Å². The summed E-state index contributed by atoms with van der Waals surface area (Å²) < 4.78 is 8.54. The minimum absolute atomic E-state index is 0. The van der Waals surface area contributed by atoms with Crippen molar-refractivity contribution in [1.29, 1.82) is 0 Å². The van der Waals surface area contributed by atoms with Crippen LogP contribution in [-0.2, 0) is 52.2 Å². The standard InChI is InChI=1S/C43H36N3O2.Pt/c1-42(2,3)31-17-18-44-40(21-31)46-37-13-7-6-11-33(37)34-16-15-32(22-38(34)46)48-41-14-8-12-36(45-41)35-19-29-25-43(26-30(29)20-39(35)47)23-27-9-4-5-10-28(27)24-43;/h4-21,47H,23-26H2,1-3H3;/q-1;. The van der Waals surface area contributed by atoms with Crippen molar-refractivity contribution in [3.63, 3.8) is 0 Å². The molecule has 0 amide bonds. The Labute approximate surface area is 300 Å². The van der Waals surface area contributed by atoms with Crippen LogP contribution in [0.15, 0.2) is 109 Å². The normalized spacial score (nSPS) is 14.6. The first-order chi connectivity index (χ1) is 23.2. The van der Waals surface area contributed by atoms with Crippen LogP contribution in [0.25, 0.3) is 38.9 Å². The van der Waals surface area contributed by atoms with Crippen molar-refractivity contribution in [2.75, 3.05) is 0 Å². The van der Waals surface area contributed by atoms with E-state index in [0.29, 0.717) is 17.3 Å². The van der Waals surface area contributed by atoms with Gasteiger partial charge in [0.2, 0.25) is 5.88 Å². The second kappa shape index (κ2) is 11.7. The number of fused-ring (bicyclic) bond motifs is 5. The zero-order chi connectivity index (χ0) is 32.6. The average Bonchev–Trinajstić information content (AvgIpc) is 3.72. The molecule has 49 heavy (non-hydrogen) atoms. The van der Waals surface area contributed by atoms with E-state index in [0.717, 1.165) is 58.9 Å². The number of rotatable bonds is 4. The van der Waals surface area contributed by atoms with Crippen LogP contribution in [0.3, 0.4) is 0 Å². The van der Waals surface area contributed by atoms with Crippen molar-refractivity contribution >= 4 is 21.8 Å². The number of hydrogen-bond donors (Lipinski definition) is 1. The van der Waals surface area contributed by atoms with E-state index in [4.69, 9.17) is 14.7 Å². The maximum atomic E-state index is 11.2. The van der Waals surface area contributed by atoms with Crippen LogP contribution in [0, 0.1) is 11.5 Å². The van der Waals surface area contributed by atoms with Gasteiger partial charge in [0.25, 0.3) is 0 Å². The summed E-state index contributed by atoms with van der Waals surface area (Å²) >= 11 is 0. The molecule has 4 aromatic carbocycles. The molecule has 5 nitrogen and oxygen atoms in total. The first-order valence-corrected chi connectivity index (χ1v) is 16.7. The Morgan fingerprint density at radius 1 is 0.755 bits per heavy atom. The van der Waals surface area contributed by atoms with E-state index in [-0.39, 0.29) is 37.6 Å². The van der Waals surface area contributed by atoms with Gasteiger partial charge in [0.15, 0.2) is 0 Å². The third kappa shape index (κ3) is 5.45. The van der Waals surface area contributed by atoms with E-state index in [1.807, 2.05) is 36.5 Å². The number of phenols is 1. The molecular weight excluding hydrogens is 786 g/mol. The Balaban J connectivity index is 0.00000348. The molecule has 1 spiro atoms. The topological polar surface area (TPSA) is 60.2 Å². The van der Waals surface area contributed by atoms with Gasteiger partial charge in [-0.3, -0.25) is 0 Å². The third-order valence-electron chi connectivity index (χ3n) is 10.3. The molecule has 0 radical (unpaired) electrons. The maximum absolute atomic E-state index is 11.2. The van der Waals surface area contributed by atoms with Gasteiger partial charge in [-0.05, 0) is 106 Å². The molecule has 1 N–H and O–H groups in total. The first kappa shape index (κ1) is 31.5. The fraction of sp³-hybridized carbons (Fsp3) is 0.209. The zero-order valence-corrected chi connectivity index (χ0v) is 30.0. The van der Waals surface area contributed by atoms with Crippen molar-refractivity contribution in [2.45, 2.75) is 51.9 Å². The van der Waals surface area contributed by atoms with Crippen LogP contribution in [-0.4, -0.2) is 19.6 Å². The molecule has 0 unspecified atom stereocenters. The molecule has 0 aliphatic heterocycles. The molecule has 2 aliphatic rings. The number of nitrogens with zero attached hydrogens (tertiary/aromatic N) is 3. The monoisotopic (exact) mass is 821 g/mol. The smallest absolute Gasteiger partial charge is 0.217 e. The zero-order valence-electron chi connectivity index (χ0n) is 27.7. The number of hydrogen-bond acceptors (Lipinski definition) is 4. The fourth-order valence-electron chi connectivity index (χ4n) is 8.02. The number of benzene rings is 4. The number of aromatic nitrogens is 3. The summed E-state index contributed by atoms with van der Waals surface area (Å²) in [4.78, 5) is 9.65. The summed E-state index contributed by atoms with van der Waals surface area (Å²) in [5.41, 5.74) is 10.3. The minimum Gasteiger partial charge on any atom is -0.507 e. The Morgan fingerprint density at radius 3 is 2.24 bits per heavy atom. The van der Waals surface area contributed by atoms with Crippen molar-refractivity contribution in [2.24, 2.45) is 5.41 Å². The predicted octanol–water partition coefficient (Wildman–Crippen LogP) is 9.72. The van der Waals surface area contributed by atoms with Crippen LogP contribution < -0.4 is 4.74 Å². The van der Waals surface area contributed by atoms with Gasteiger partial charge in [0.1, 0.15) is 11.6 Å².